The number of esters is 2. The standard InChI is InChI=1S/C18H16F2N2O9S/c1-9-7-11(3-5-14(9)21)16(23)31-12-4-6-15(22(25)26)13(8-12)17(24)30-10(2)18(19,20)32(27,28)29/h3-8,10H,21H2,1-2H3,(H,27,28,29). The van der Waals surface area contributed by atoms with Crippen LogP contribution >= 0.6 is 0 Å². The predicted molar refractivity (Wildman–Crippen MR) is 105 cm³/mol. The summed E-state index contributed by atoms with van der Waals surface area (Å²) in [4.78, 5) is 34.7. The van der Waals surface area contributed by atoms with E-state index < -0.39 is 49.6 Å². The highest BCUT2D eigenvalue weighted by Crippen LogP contribution is 2.30. The van der Waals surface area contributed by atoms with Crippen LogP contribution in [0.2, 0.25) is 0 Å². The molecule has 0 aliphatic heterocycles. The second-order valence-electron chi connectivity index (χ2n) is 6.48. The third-order valence-corrected chi connectivity index (χ3v) is 5.22. The van der Waals surface area contributed by atoms with Crippen LogP contribution in [0.4, 0.5) is 20.2 Å². The van der Waals surface area contributed by atoms with E-state index in [0.717, 1.165) is 12.1 Å². The molecule has 0 spiro atoms. The molecule has 11 nitrogen and oxygen atoms in total. The van der Waals surface area contributed by atoms with Gasteiger partial charge in [-0.3, -0.25) is 14.7 Å². The molecule has 0 amide bonds. The van der Waals surface area contributed by atoms with E-state index in [-0.39, 0.29) is 11.3 Å². The van der Waals surface area contributed by atoms with Crippen LogP contribution < -0.4 is 10.5 Å². The third kappa shape index (κ3) is 5.15. The first-order chi connectivity index (χ1) is 14.6. The minimum absolute atomic E-state index is 0.0700. The number of halogens is 2. The van der Waals surface area contributed by atoms with Gasteiger partial charge in [-0.05, 0) is 43.7 Å². The number of nitrogens with two attached hydrogens (primary N) is 1. The number of carbonyl (C=O) groups is 2. The van der Waals surface area contributed by atoms with Crippen LogP contribution in [0.25, 0.3) is 0 Å². The number of nitro groups is 1. The zero-order valence-corrected chi connectivity index (χ0v) is 17.3. The van der Waals surface area contributed by atoms with Crippen molar-refractivity contribution in [2.45, 2.75) is 25.2 Å². The summed E-state index contributed by atoms with van der Waals surface area (Å²) in [6.07, 6.45) is -2.70. The number of benzene rings is 2. The maximum absolute atomic E-state index is 13.6. The highest BCUT2D eigenvalue weighted by atomic mass is 32.2. The van der Waals surface area contributed by atoms with Gasteiger partial charge in [0.05, 0.1) is 10.5 Å². The van der Waals surface area contributed by atoms with Gasteiger partial charge in [0.15, 0.2) is 6.10 Å². The molecule has 1 unspecified atom stereocenters. The summed E-state index contributed by atoms with van der Waals surface area (Å²) >= 11 is 0. The maximum Gasteiger partial charge on any atom is 0.405 e. The summed E-state index contributed by atoms with van der Waals surface area (Å²) in [7, 11) is -5.94. The zero-order chi connectivity index (χ0) is 24.4. The Hall–Kier alpha value is -3.65. The number of rotatable bonds is 7. The lowest BCUT2D eigenvalue weighted by Crippen LogP contribution is -2.42. The quantitative estimate of drug-likeness (QED) is 0.151. The van der Waals surface area contributed by atoms with E-state index in [1.807, 2.05) is 0 Å². The number of hydrogen-bond donors (Lipinski definition) is 2. The molecule has 2 aromatic carbocycles. The van der Waals surface area contributed by atoms with E-state index in [4.69, 9.17) is 15.0 Å². The fourth-order valence-electron chi connectivity index (χ4n) is 2.37. The van der Waals surface area contributed by atoms with Crippen molar-refractivity contribution in [3.8, 4) is 5.75 Å². The molecular weight excluding hydrogens is 458 g/mol. The van der Waals surface area contributed by atoms with Crippen molar-refractivity contribution in [1.29, 1.82) is 0 Å². The Morgan fingerprint density at radius 1 is 1.19 bits per heavy atom. The second-order valence-corrected chi connectivity index (χ2v) is 7.98. The first-order valence-electron chi connectivity index (χ1n) is 8.57. The Balaban J connectivity index is 2.35. The van der Waals surface area contributed by atoms with Crippen molar-refractivity contribution in [1.82, 2.24) is 0 Å². The van der Waals surface area contributed by atoms with Crippen LogP contribution in [0.3, 0.4) is 0 Å². The predicted octanol–water partition coefficient (Wildman–Crippen LogP) is 2.73. The number of hydrogen-bond acceptors (Lipinski definition) is 9. The molecule has 2 aromatic rings. The van der Waals surface area contributed by atoms with E-state index in [2.05, 4.69) is 4.74 Å². The van der Waals surface area contributed by atoms with Crippen LogP contribution in [0.5, 0.6) is 5.75 Å². The Bertz CT molecular complexity index is 1200. The number of ether oxygens (including phenoxy) is 2. The molecule has 0 radical (unpaired) electrons. The largest absolute Gasteiger partial charge is 0.451 e. The molecule has 2 rings (SSSR count). The van der Waals surface area contributed by atoms with Crippen molar-refractivity contribution in [3.05, 3.63) is 63.2 Å². The van der Waals surface area contributed by atoms with Crippen molar-refractivity contribution in [2.24, 2.45) is 0 Å². The van der Waals surface area contributed by atoms with E-state index in [1.165, 1.54) is 18.2 Å². The van der Waals surface area contributed by atoms with Gasteiger partial charge >= 0.3 is 27.3 Å². The van der Waals surface area contributed by atoms with Crippen molar-refractivity contribution in [3.63, 3.8) is 0 Å². The number of nitrogens with zero attached hydrogens (tertiary/aromatic N) is 1. The lowest BCUT2D eigenvalue weighted by molar-refractivity contribution is -0.385. The fraction of sp³-hybridized carbons (Fsp3) is 0.222. The van der Waals surface area contributed by atoms with E-state index in [9.17, 15) is 36.9 Å². The normalized spacial score (nSPS) is 12.7. The van der Waals surface area contributed by atoms with Crippen LogP contribution in [-0.2, 0) is 14.9 Å². The number of nitrogen functional groups attached to an aromatic ring is 1. The molecule has 0 saturated carbocycles. The highest BCUT2D eigenvalue weighted by molar-refractivity contribution is 7.86. The molecule has 0 fully saturated rings. The lowest BCUT2D eigenvalue weighted by Gasteiger charge is -2.20. The summed E-state index contributed by atoms with van der Waals surface area (Å²) in [6, 6.07) is 6.65. The maximum atomic E-state index is 13.6. The summed E-state index contributed by atoms with van der Waals surface area (Å²) in [5, 5.41) is 6.31. The molecular formula is C18H16F2N2O9S. The minimum Gasteiger partial charge on any atom is -0.451 e. The smallest absolute Gasteiger partial charge is 0.405 e. The fourth-order valence-corrected chi connectivity index (χ4v) is 2.84. The molecule has 0 aromatic heterocycles. The molecule has 3 N–H and O–H groups in total. The van der Waals surface area contributed by atoms with Gasteiger partial charge in [-0.15, -0.1) is 0 Å². The third-order valence-electron chi connectivity index (χ3n) is 4.20. The Morgan fingerprint density at radius 2 is 1.81 bits per heavy atom. The molecule has 0 saturated heterocycles. The zero-order valence-electron chi connectivity index (χ0n) is 16.4. The minimum atomic E-state index is -5.94. The molecule has 172 valence electrons. The van der Waals surface area contributed by atoms with Gasteiger partial charge in [0.25, 0.3) is 5.69 Å². The number of aryl methyl sites for hydroxylation is 1. The molecule has 0 bridgehead atoms. The summed E-state index contributed by atoms with van der Waals surface area (Å²) in [6.45, 7) is 2.10. The summed E-state index contributed by atoms with van der Waals surface area (Å²) < 4.78 is 66.8. The van der Waals surface area contributed by atoms with E-state index in [1.54, 1.807) is 6.92 Å². The molecule has 0 aliphatic rings. The summed E-state index contributed by atoms with van der Waals surface area (Å²) in [5.74, 6) is -2.99. The molecule has 1 atom stereocenters. The summed E-state index contributed by atoms with van der Waals surface area (Å²) in [5.41, 5.74) is 4.93. The topological polar surface area (TPSA) is 176 Å². The van der Waals surface area contributed by atoms with Gasteiger partial charge in [0, 0.05) is 17.8 Å². The Kier molecular flexibility index (Phi) is 6.80. The molecule has 32 heavy (non-hydrogen) atoms. The van der Waals surface area contributed by atoms with Gasteiger partial charge in [-0.25, -0.2) is 9.59 Å². The van der Waals surface area contributed by atoms with Gasteiger partial charge < -0.3 is 15.2 Å². The number of nitro benzene ring substituents is 1. The van der Waals surface area contributed by atoms with Crippen LogP contribution in [0, 0.1) is 17.0 Å². The molecule has 14 heteroatoms. The SMILES string of the molecule is Cc1cc(C(=O)Oc2ccc([N+](=O)[O-])c(C(=O)OC(C)C(F)(F)S(=O)(=O)O)c2)ccc1N. The van der Waals surface area contributed by atoms with Crippen molar-refractivity contribution >= 4 is 33.4 Å². The number of alkyl halides is 2. The number of anilines is 1. The first-order valence-corrected chi connectivity index (χ1v) is 10.0. The Morgan fingerprint density at radius 3 is 2.34 bits per heavy atom. The highest BCUT2D eigenvalue weighted by Gasteiger charge is 2.52. The van der Waals surface area contributed by atoms with Crippen molar-refractivity contribution < 1.29 is 45.7 Å². The second kappa shape index (κ2) is 8.84. The first kappa shape index (κ1) is 24.6. The monoisotopic (exact) mass is 474 g/mol. The molecule has 0 heterocycles. The van der Waals surface area contributed by atoms with Gasteiger partial charge in [-0.2, -0.15) is 17.2 Å². The number of carbonyl (C=O) groups excluding carboxylic acids is 2. The van der Waals surface area contributed by atoms with Crippen LogP contribution in [0.15, 0.2) is 36.4 Å². The van der Waals surface area contributed by atoms with Gasteiger partial charge in [-0.1, -0.05) is 0 Å². The molecule has 0 aliphatic carbocycles. The van der Waals surface area contributed by atoms with E-state index >= 15 is 0 Å². The Labute approximate surface area is 179 Å². The average Bonchev–Trinajstić information content (AvgIpc) is 2.68. The van der Waals surface area contributed by atoms with Gasteiger partial charge in [0.1, 0.15) is 11.3 Å². The van der Waals surface area contributed by atoms with Crippen molar-refractivity contribution in [2.75, 3.05) is 5.73 Å². The van der Waals surface area contributed by atoms with E-state index in [0.29, 0.717) is 24.2 Å². The van der Waals surface area contributed by atoms with Crippen LogP contribution in [0.1, 0.15) is 33.2 Å². The van der Waals surface area contributed by atoms with Gasteiger partial charge in [0.2, 0.25) is 0 Å². The average molecular weight is 474 g/mol. The van der Waals surface area contributed by atoms with Crippen LogP contribution in [-0.4, -0.2) is 41.2 Å². The lowest BCUT2D eigenvalue weighted by atomic mass is 10.1.